The Bertz CT molecular complexity index is 1430. The van der Waals surface area contributed by atoms with Crippen molar-refractivity contribution in [3.63, 3.8) is 0 Å². The van der Waals surface area contributed by atoms with Crippen LogP contribution in [0, 0.1) is 18.6 Å². The molecular formula is C23H22ClF2N7O3. The summed E-state index contributed by atoms with van der Waals surface area (Å²) in [5.41, 5.74) is 2.40. The molecule has 0 amide bonds. The van der Waals surface area contributed by atoms with Crippen LogP contribution in [0.2, 0.25) is 5.02 Å². The van der Waals surface area contributed by atoms with E-state index in [1.54, 1.807) is 16.8 Å². The van der Waals surface area contributed by atoms with Crippen LogP contribution in [0.4, 0.5) is 8.78 Å². The zero-order valence-electron chi connectivity index (χ0n) is 19.2. The molecule has 6 rings (SSSR count). The first-order valence-corrected chi connectivity index (χ1v) is 11.8. The monoisotopic (exact) mass is 517 g/mol. The number of halogens is 3. The van der Waals surface area contributed by atoms with Gasteiger partial charge in [-0.25, -0.2) is 18.0 Å². The van der Waals surface area contributed by atoms with Gasteiger partial charge in [0.1, 0.15) is 47.0 Å². The van der Waals surface area contributed by atoms with E-state index in [0.29, 0.717) is 39.7 Å². The highest BCUT2D eigenvalue weighted by molar-refractivity contribution is 6.34. The molecule has 1 N–H and O–H groups in total. The number of aromatic nitrogens is 6. The lowest BCUT2D eigenvalue weighted by Crippen LogP contribution is -2.59. The molecule has 2 aliphatic heterocycles. The maximum Gasteiger partial charge on any atom is 0.150 e. The fourth-order valence-electron chi connectivity index (χ4n) is 4.53. The molecule has 0 spiro atoms. The summed E-state index contributed by atoms with van der Waals surface area (Å²) in [6.07, 6.45) is 2.65. The van der Waals surface area contributed by atoms with Crippen LogP contribution in [-0.2, 0) is 4.74 Å². The van der Waals surface area contributed by atoms with Gasteiger partial charge in [0, 0.05) is 30.9 Å². The van der Waals surface area contributed by atoms with E-state index in [1.807, 2.05) is 11.6 Å². The van der Waals surface area contributed by atoms with Gasteiger partial charge in [-0.15, -0.1) is 5.10 Å². The van der Waals surface area contributed by atoms with Crippen LogP contribution in [0.15, 0.2) is 30.7 Å². The van der Waals surface area contributed by atoms with E-state index < -0.39 is 17.7 Å². The zero-order chi connectivity index (χ0) is 25.0. The molecule has 2 aliphatic rings. The Morgan fingerprint density at radius 1 is 1.22 bits per heavy atom. The summed E-state index contributed by atoms with van der Waals surface area (Å²) in [6.45, 7) is 4.96. The number of aliphatic hydroxyl groups excluding tert-OH is 1. The SMILES string of the molecule is Cc1c(-c2cc(OC[C@H](O)c3ncc(F)cc3F)c3c(Cl)cnn3c2)nnn1C1CN(C2COC2)C1. The van der Waals surface area contributed by atoms with Crippen molar-refractivity contribution in [2.75, 3.05) is 32.9 Å². The lowest BCUT2D eigenvalue weighted by atomic mass is 10.0. The van der Waals surface area contributed by atoms with Crippen LogP contribution < -0.4 is 4.74 Å². The summed E-state index contributed by atoms with van der Waals surface area (Å²) in [4.78, 5) is 6.02. The van der Waals surface area contributed by atoms with Gasteiger partial charge in [0.25, 0.3) is 0 Å². The lowest BCUT2D eigenvalue weighted by molar-refractivity contribution is -0.100. The van der Waals surface area contributed by atoms with Gasteiger partial charge < -0.3 is 14.6 Å². The Balaban J connectivity index is 1.26. The van der Waals surface area contributed by atoms with Crippen LogP contribution in [0.5, 0.6) is 5.75 Å². The van der Waals surface area contributed by atoms with Crippen molar-refractivity contribution < 1.29 is 23.4 Å². The number of pyridine rings is 2. The summed E-state index contributed by atoms with van der Waals surface area (Å²) >= 11 is 6.32. The number of likely N-dealkylation sites (tertiary alicyclic amines) is 1. The fourth-order valence-corrected chi connectivity index (χ4v) is 4.76. The smallest absolute Gasteiger partial charge is 0.150 e. The zero-order valence-corrected chi connectivity index (χ0v) is 19.9. The highest BCUT2D eigenvalue weighted by Crippen LogP contribution is 2.34. The minimum Gasteiger partial charge on any atom is -0.488 e. The molecule has 4 aromatic heterocycles. The maximum absolute atomic E-state index is 14.0. The molecule has 188 valence electrons. The molecule has 2 saturated heterocycles. The Hall–Kier alpha value is -3.19. The molecule has 6 heterocycles. The van der Waals surface area contributed by atoms with E-state index in [1.165, 1.54) is 6.20 Å². The molecule has 0 bridgehead atoms. The number of aliphatic hydroxyl groups is 1. The summed E-state index contributed by atoms with van der Waals surface area (Å²) in [5, 5.41) is 23.8. The van der Waals surface area contributed by atoms with Crippen LogP contribution in [0.25, 0.3) is 16.8 Å². The average molecular weight is 518 g/mol. The summed E-state index contributed by atoms with van der Waals surface area (Å²) < 4.78 is 41.8. The van der Waals surface area contributed by atoms with Crippen molar-refractivity contribution in [3.05, 3.63) is 58.8 Å². The van der Waals surface area contributed by atoms with Crippen LogP contribution in [0.1, 0.15) is 23.5 Å². The summed E-state index contributed by atoms with van der Waals surface area (Å²) in [7, 11) is 0. The minimum atomic E-state index is -1.43. The summed E-state index contributed by atoms with van der Waals surface area (Å²) in [5.74, 6) is -1.48. The topological polar surface area (TPSA) is 103 Å². The van der Waals surface area contributed by atoms with Crippen molar-refractivity contribution in [1.82, 2.24) is 34.5 Å². The van der Waals surface area contributed by atoms with Gasteiger partial charge in [0.05, 0.1) is 48.4 Å². The third-order valence-corrected chi connectivity index (χ3v) is 6.93. The van der Waals surface area contributed by atoms with Gasteiger partial charge in [-0.1, -0.05) is 16.8 Å². The molecule has 4 aromatic rings. The molecular weight excluding hydrogens is 496 g/mol. The van der Waals surface area contributed by atoms with Gasteiger partial charge in [-0.05, 0) is 13.0 Å². The number of nitrogens with zero attached hydrogens (tertiary/aromatic N) is 7. The van der Waals surface area contributed by atoms with Crippen molar-refractivity contribution in [2.45, 2.75) is 25.1 Å². The van der Waals surface area contributed by atoms with E-state index in [0.717, 1.165) is 38.2 Å². The third-order valence-electron chi connectivity index (χ3n) is 6.65. The largest absolute Gasteiger partial charge is 0.488 e. The van der Waals surface area contributed by atoms with Crippen LogP contribution in [0.3, 0.4) is 0 Å². The van der Waals surface area contributed by atoms with E-state index in [9.17, 15) is 13.9 Å². The van der Waals surface area contributed by atoms with Crippen molar-refractivity contribution >= 4 is 17.1 Å². The maximum atomic E-state index is 14.0. The molecule has 10 nitrogen and oxygen atoms in total. The number of rotatable bonds is 7. The normalized spacial score (nSPS) is 17.8. The van der Waals surface area contributed by atoms with Crippen molar-refractivity contribution in [1.29, 1.82) is 0 Å². The molecule has 2 fully saturated rings. The van der Waals surface area contributed by atoms with Crippen molar-refractivity contribution in [2.24, 2.45) is 0 Å². The van der Waals surface area contributed by atoms with Crippen LogP contribution in [-0.4, -0.2) is 78.6 Å². The lowest BCUT2D eigenvalue weighted by Gasteiger charge is -2.47. The van der Waals surface area contributed by atoms with Gasteiger partial charge in [0.15, 0.2) is 0 Å². The average Bonchev–Trinajstić information content (AvgIpc) is 3.35. The second kappa shape index (κ2) is 9.04. The quantitative estimate of drug-likeness (QED) is 0.399. The van der Waals surface area contributed by atoms with E-state index >= 15 is 0 Å². The molecule has 0 radical (unpaired) electrons. The number of ether oxygens (including phenoxy) is 2. The fraction of sp³-hybridized carbons (Fsp3) is 0.391. The number of hydrogen-bond donors (Lipinski definition) is 1. The van der Waals surface area contributed by atoms with Crippen LogP contribution >= 0.6 is 11.6 Å². The van der Waals surface area contributed by atoms with Gasteiger partial charge in [0.2, 0.25) is 0 Å². The Morgan fingerprint density at radius 3 is 2.75 bits per heavy atom. The predicted molar refractivity (Wildman–Crippen MR) is 124 cm³/mol. The van der Waals surface area contributed by atoms with Gasteiger partial charge >= 0.3 is 0 Å². The molecule has 0 aliphatic carbocycles. The van der Waals surface area contributed by atoms with Gasteiger partial charge in [-0.3, -0.25) is 9.88 Å². The second-order valence-electron chi connectivity index (χ2n) is 8.99. The van der Waals surface area contributed by atoms with E-state index in [-0.39, 0.29) is 18.3 Å². The number of fused-ring (bicyclic) bond motifs is 1. The first kappa shape index (κ1) is 23.2. The third kappa shape index (κ3) is 3.99. The molecule has 13 heteroatoms. The molecule has 0 unspecified atom stereocenters. The second-order valence-corrected chi connectivity index (χ2v) is 9.40. The highest BCUT2D eigenvalue weighted by Gasteiger charge is 2.38. The molecule has 0 saturated carbocycles. The van der Waals surface area contributed by atoms with E-state index in [4.69, 9.17) is 21.1 Å². The Kier molecular flexibility index (Phi) is 5.83. The first-order valence-electron chi connectivity index (χ1n) is 11.4. The predicted octanol–water partition coefficient (Wildman–Crippen LogP) is 2.60. The first-order chi connectivity index (χ1) is 17.4. The highest BCUT2D eigenvalue weighted by atomic mass is 35.5. The Labute approximate surface area is 209 Å². The molecule has 36 heavy (non-hydrogen) atoms. The number of hydrogen-bond acceptors (Lipinski definition) is 8. The van der Waals surface area contributed by atoms with E-state index in [2.05, 4.69) is 25.3 Å². The van der Waals surface area contributed by atoms with Gasteiger partial charge in [-0.2, -0.15) is 5.10 Å². The summed E-state index contributed by atoms with van der Waals surface area (Å²) in [6, 6.07) is 3.11. The Morgan fingerprint density at radius 2 is 2.03 bits per heavy atom. The molecule has 0 aromatic carbocycles. The standard InChI is InChI=1S/C23H22ClF2N7O3/c1-12-21(29-30-33(12)15-7-31(8-15)16-9-35-10-16)13-2-20(23-17(24)5-28-32(23)6-13)36-11-19(34)22-18(26)3-14(25)4-27-22/h2-6,15-16,19,34H,7-11H2,1H3/t19-/m0/s1. The van der Waals surface area contributed by atoms with Crippen molar-refractivity contribution in [3.8, 4) is 17.0 Å². The molecule has 1 atom stereocenters. The minimum absolute atomic E-state index is 0.235.